The predicted octanol–water partition coefficient (Wildman–Crippen LogP) is 2.95. The van der Waals surface area contributed by atoms with E-state index in [9.17, 15) is 13.2 Å². The Morgan fingerprint density at radius 1 is 1.22 bits per heavy atom. The van der Waals surface area contributed by atoms with E-state index in [-0.39, 0.29) is 17.0 Å². The van der Waals surface area contributed by atoms with Gasteiger partial charge in [0.05, 0.1) is 16.3 Å². The second kappa shape index (κ2) is 7.79. The third kappa shape index (κ3) is 3.90. The normalized spacial score (nSPS) is 12.0. The van der Waals surface area contributed by atoms with E-state index >= 15 is 0 Å². The van der Waals surface area contributed by atoms with Crippen LogP contribution < -0.4 is 5.56 Å². The maximum atomic E-state index is 12.7. The van der Waals surface area contributed by atoms with Crippen molar-refractivity contribution in [2.24, 2.45) is 0 Å². The molecule has 144 valence electrons. The molecule has 0 N–H and O–H groups in total. The highest BCUT2D eigenvalue weighted by Gasteiger charge is 2.22. The van der Waals surface area contributed by atoms with Crippen molar-refractivity contribution in [3.63, 3.8) is 0 Å². The number of aryl methyl sites for hydroxylation is 1. The fourth-order valence-electron chi connectivity index (χ4n) is 2.74. The lowest BCUT2D eigenvalue weighted by Crippen LogP contribution is -2.32. The minimum atomic E-state index is -3.64. The number of hydrogen-bond acceptors (Lipinski definition) is 6. The van der Waals surface area contributed by atoms with Crippen molar-refractivity contribution in [2.45, 2.75) is 32.2 Å². The highest BCUT2D eigenvalue weighted by atomic mass is 32.2. The number of sulfonamides is 1. The fraction of sp³-hybridized carbons (Fsp3) is 0.333. The van der Waals surface area contributed by atoms with E-state index in [4.69, 9.17) is 4.42 Å². The molecule has 7 nitrogen and oxygen atoms in total. The van der Waals surface area contributed by atoms with Crippen LogP contribution in [-0.2, 0) is 16.6 Å². The number of pyridine rings is 1. The van der Waals surface area contributed by atoms with E-state index in [1.807, 2.05) is 17.5 Å². The number of nitrogens with zero attached hydrogens (tertiary/aromatic N) is 3. The molecule has 0 spiro atoms. The average Bonchev–Trinajstić information content (AvgIpc) is 3.28. The third-order valence-electron chi connectivity index (χ3n) is 4.24. The summed E-state index contributed by atoms with van der Waals surface area (Å²) in [5, 5.41) is 1.93. The van der Waals surface area contributed by atoms with Gasteiger partial charge in [-0.15, -0.1) is 11.3 Å². The molecule has 0 aliphatic carbocycles. The van der Waals surface area contributed by atoms with Crippen molar-refractivity contribution in [3.05, 3.63) is 57.7 Å². The van der Waals surface area contributed by atoms with Gasteiger partial charge in [0.2, 0.25) is 15.9 Å². The Morgan fingerprint density at radius 2 is 1.96 bits per heavy atom. The molecule has 3 aromatic rings. The topological polar surface area (TPSA) is 85.4 Å². The van der Waals surface area contributed by atoms with Crippen LogP contribution in [0, 0.1) is 6.92 Å². The van der Waals surface area contributed by atoms with E-state index in [1.54, 1.807) is 20.8 Å². The van der Waals surface area contributed by atoms with Crippen LogP contribution in [-0.4, -0.2) is 35.4 Å². The molecular formula is C18H21N3O4S2. The van der Waals surface area contributed by atoms with Crippen LogP contribution in [0.5, 0.6) is 0 Å². The smallest absolute Gasteiger partial charge is 0.250 e. The van der Waals surface area contributed by atoms with Crippen molar-refractivity contribution in [1.82, 2.24) is 13.9 Å². The van der Waals surface area contributed by atoms with Gasteiger partial charge in [-0.2, -0.15) is 4.31 Å². The van der Waals surface area contributed by atoms with Crippen LogP contribution >= 0.6 is 11.3 Å². The van der Waals surface area contributed by atoms with Gasteiger partial charge in [-0.25, -0.2) is 13.4 Å². The van der Waals surface area contributed by atoms with Gasteiger partial charge in [-0.1, -0.05) is 19.9 Å². The van der Waals surface area contributed by atoms with Crippen LogP contribution in [0.3, 0.4) is 0 Å². The van der Waals surface area contributed by atoms with Gasteiger partial charge in [0.1, 0.15) is 11.5 Å². The molecule has 0 unspecified atom stereocenters. The maximum Gasteiger partial charge on any atom is 0.250 e. The largest absolute Gasteiger partial charge is 0.440 e. The molecule has 0 aliphatic rings. The highest BCUT2D eigenvalue weighted by Crippen LogP contribution is 2.26. The fourth-order valence-corrected chi connectivity index (χ4v) is 4.87. The Kier molecular flexibility index (Phi) is 5.64. The first-order chi connectivity index (χ1) is 12.9. The quantitative estimate of drug-likeness (QED) is 0.601. The molecule has 3 heterocycles. The zero-order valence-corrected chi connectivity index (χ0v) is 17.0. The number of thiophene rings is 1. The SMILES string of the molecule is CCN(CC)S(=O)(=O)c1ccc(=O)n(Cc2nc(-c3cccs3)oc2C)c1. The number of oxazole rings is 1. The van der Waals surface area contributed by atoms with Crippen molar-refractivity contribution in [3.8, 4) is 10.8 Å². The molecule has 9 heteroatoms. The van der Waals surface area contributed by atoms with Crippen LogP contribution in [0.25, 0.3) is 10.8 Å². The molecule has 0 saturated carbocycles. The van der Waals surface area contributed by atoms with E-state index < -0.39 is 10.0 Å². The molecule has 27 heavy (non-hydrogen) atoms. The summed E-state index contributed by atoms with van der Waals surface area (Å²) < 4.78 is 33.8. The van der Waals surface area contributed by atoms with E-state index in [2.05, 4.69) is 4.98 Å². The molecule has 0 saturated heterocycles. The number of aromatic nitrogens is 2. The molecular weight excluding hydrogens is 386 g/mol. The summed E-state index contributed by atoms with van der Waals surface area (Å²) in [6.07, 6.45) is 1.37. The molecule has 0 amide bonds. The molecule has 3 aromatic heterocycles. The molecule has 0 atom stereocenters. The Labute approximate surface area is 162 Å². The molecule has 3 rings (SSSR count). The van der Waals surface area contributed by atoms with E-state index in [0.29, 0.717) is 30.4 Å². The zero-order valence-electron chi connectivity index (χ0n) is 15.4. The van der Waals surface area contributed by atoms with Gasteiger partial charge in [-0.05, 0) is 24.4 Å². The average molecular weight is 408 g/mol. The summed E-state index contributed by atoms with van der Waals surface area (Å²) in [7, 11) is -3.64. The van der Waals surface area contributed by atoms with E-state index in [1.165, 1.54) is 38.5 Å². The summed E-state index contributed by atoms with van der Waals surface area (Å²) >= 11 is 1.51. The van der Waals surface area contributed by atoms with Crippen LogP contribution in [0.1, 0.15) is 25.3 Å². The molecule has 0 fully saturated rings. The first kappa shape index (κ1) is 19.5. The van der Waals surface area contributed by atoms with Gasteiger partial charge >= 0.3 is 0 Å². The van der Waals surface area contributed by atoms with Crippen LogP contribution in [0.2, 0.25) is 0 Å². The van der Waals surface area contributed by atoms with Gasteiger partial charge in [0.15, 0.2) is 0 Å². The minimum Gasteiger partial charge on any atom is -0.440 e. The third-order valence-corrected chi connectivity index (χ3v) is 7.14. The molecule has 0 bridgehead atoms. The maximum absolute atomic E-state index is 12.7. The first-order valence-electron chi connectivity index (χ1n) is 8.57. The molecule has 0 radical (unpaired) electrons. The van der Waals surface area contributed by atoms with Crippen molar-refractivity contribution in [2.75, 3.05) is 13.1 Å². The Balaban J connectivity index is 1.96. The Morgan fingerprint density at radius 3 is 2.59 bits per heavy atom. The predicted molar refractivity (Wildman–Crippen MR) is 104 cm³/mol. The van der Waals surface area contributed by atoms with Gasteiger partial charge in [-0.3, -0.25) is 4.79 Å². The summed E-state index contributed by atoms with van der Waals surface area (Å²) in [6.45, 7) is 6.21. The standard InChI is InChI=1S/C18H21N3O4S2/c1-4-21(5-2)27(23,24)14-8-9-17(22)20(11-14)12-15-13(3)25-18(19-15)16-7-6-10-26-16/h6-11H,4-5,12H2,1-3H3. The van der Waals surface area contributed by atoms with Crippen molar-refractivity contribution < 1.29 is 12.8 Å². The highest BCUT2D eigenvalue weighted by molar-refractivity contribution is 7.89. The summed E-state index contributed by atoms with van der Waals surface area (Å²) in [6, 6.07) is 6.43. The van der Waals surface area contributed by atoms with Crippen LogP contribution in [0.15, 0.2) is 49.9 Å². The van der Waals surface area contributed by atoms with Gasteiger partial charge < -0.3 is 8.98 Å². The van der Waals surface area contributed by atoms with Crippen LogP contribution in [0.4, 0.5) is 0 Å². The minimum absolute atomic E-state index is 0.0884. The summed E-state index contributed by atoms with van der Waals surface area (Å²) in [5.74, 6) is 1.10. The lowest BCUT2D eigenvalue weighted by Gasteiger charge is -2.18. The number of hydrogen-bond donors (Lipinski definition) is 0. The zero-order chi connectivity index (χ0) is 19.6. The number of rotatable bonds is 7. The van der Waals surface area contributed by atoms with E-state index in [0.717, 1.165) is 4.88 Å². The van der Waals surface area contributed by atoms with Crippen molar-refractivity contribution in [1.29, 1.82) is 0 Å². The summed E-state index contributed by atoms with van der Waals surface area (Å²) in [4.78, 5) is 17.7. The Bertz CT molecular complexity index is 1080. The lowest BCUT2D eigenvalue weighted by molar-refractivity contribution is 0.444. The lowest BCUT2D eigenvalue weighted by atomic mass is 10.3. The van der Waals surface area contributed by atoms with Gasteiger partial charge in [0.25, 0.3) is 5.56 Å². The summed E-state index contributed by atoms with van der Waals surface area (Å²) in [5.41, 5.74) is 0.298. The second-order valence-electron chi connectivity index (χ2n) is 5.92. The second-order valence-corrected chi connectivity index (χ2v) is 8.81. The molecule has 0 aliphatic heterocycles. The monoisotopic (exact) mass is 407 g/mol. The first-order valence-corrected chi connectivity index (χ1v) is 10.9. The van der Waals surface area contributed by atoms with Crippen molar-refractivity contribution >= 4 is 21.4 Å². The molecule has 0 aromatic carbocycles. The van der Waals surface area contributed by atoms with Gasteiger partial charge in [0, 0.05) is 25.4 Å². The Hall–Kier alpha value is -2.23.